The summed E-state index contributed by atoms with van der Waals surface area (Å²) in [5, 5.41) is 10.7. The van der Waals surface area contributed by atoms with Gasteiger partial charge in [0.25, 0.3) is 0 Å². The maximum Gasteiger partial charge on any atom is 0.200 e. The van der Waals surface area contributed by atoms with Crippen LogP contribution in [-0.2, 0) is 8.85 Å². The number of rotatable bonds is 12. The molecule has 0 rings (SSSR count). The minimum atomic E-state index is -1.93. The van der Waals surface area contributed by atoms with Crippen molar-refractivity contribution in [3.8, 4) is 0 Å². The van der Waals surface area contributed by atoms with Gasteiger partial charge in [-0.3, -0.25) is 0 Å². The van der Waals surface area contributed by atoms with E-state index < -0.39 is 22.7 Å². The van der Waals surface area contributed by atoms with Crippen LogP contribution >= 0.6 is 0 Å². The van der Waals surface area contributed by atoms with Gasteiger partial charge < -0.3 is 14.0 Å². The van der Waals surface area contributed by atoms with Gasteiger partial charge in [-0.2, -0.15) is 0 Å². The zero-order valence-electron chi connectivity index (χ0n) is 19.7. The monoisotopic (exact) mass is 404 g/mol. The zero-order chi connectivity index (χ0) is 20.9. The predicted molar refractivity (Wildman–Crippen MR) is 120 cm³/mol. The Bertz CT molecular complexity index is 313. The van der Waals surface area contributed by atoms with E-state index in [0.717, 1.165) is 0 Å². The molecule has 0 heterocycles. The lowest BCUT2D eigenvalue weighted by atomic mass is 10.4. The van der Waals surface area contributed by atoms with Gasteiger partial charge in [-0.05, 0) is 33.2 Å². The van der Waals surface area contributed by atoms with E-state index in [1.165, 1.54) is 0 Å². The molecule has 1 N–H and O–H groups in total. The van der Waals surface area contributed by atoms with Crippen molar-refractivity contribution >= 4 is 16.6 Å². The summed E-state index contributed by atoms with van der Waals surface area (Å²) in [6.07, 6.45) is -0.541. The lowest BCUT2D eigenvalue weighted by Gasteiger charge is -2.44. The van der Waals surface area contributed by atoms with E-state index in [-0.39, 0.29) is 0 Å². The minimum Gasteiger partial charge on any atom is -0.413 e. The normalized spacial score (nSPS) is 14.3. The third-order valence-electron chi connectivity index (χ3n) is 6.47. The van der Waals surface area contributed by atoms with Gasteiger partial charge in [0.2, 0.25) is 0 Å². The molecule has 0 aromatic carbocycles. The van der Waals surface area contributed by atoms with Gasteiger partial charge in [-0.1, -0.05) is 83.1 Å². The first-order valence-corrected chi connectivity index (χ1v) is 15.0. The van der Waals surface area contributed by atoms with Crippen molar-refractivity contribution in [3.63, 3.8) is 0 Å². The van der Waals surface area contributed by atoms with Crippen molar-refractivity contribution in [2.75, 3.05) is 13.2 Å². The Kier molecular flexibility index (Phi) is 10.9. The minimum absolute atomic E-state index is 0.402. The summed E-state index contributed by atoms with van der Waals surface area (Å²) >= 11 is 0. The Hall–Kier alpha value is 0.314. The van der Waals surface area contributed by atoms with Crippen LogP contribution in [0.2, 0.25) is 33.2 Å². The maximum atomic E-state index is 10.7. The summed E-state index contributed by atoms with van der Waals surface area (Å²) in [5.41, 5.74) is 3.20. The Morgan fingerprint density at radius 3 is 0.846 bits per heavy atom. The predicted octanol–water partition coefficient (Wildman–Crippen LogP) is 6.73. The first-order chi connectivity index (χ1) is 11.8. The van der Waals surface area contributed by atoms with Gasteiger partial charge in [0, 0.05) is 0 Å². The van der Waals surface area contributed by atoms with Crippen LogP contribution in [-0.4, -0.2) is 41.1 Å². The number of aliphatic hydroxyl groups is 1. The molecule has 0 aliphatic heterocycles. The fourth-order valence-corrected chi connectivity index (χ4v) is 16.5. The summed E-state index contributed by atoms with van der Waals surface area (Å²) in [6.45, 7) is 28.2. The van der Waals surface area contributed by atoms with Gasteiger partial charge in [0.1, 0.15) is 0 Å². The van der Waals surface area contributed by atoms with Crippen LogP contribution in [0, 0.1) is 0 Å². The van der Waals surface area contributed by atoms with Gasteiger partial charge in [0.05, 0.1) is 19.3 Å². The molecule has 0 fully saturated rings. The standard InChI is InChI=1S/C21H48O3Si2/c1-15(2)25(16(3)4,17(5)6)23-13-21(22)14-24-26(18(7)8,19(9)10)20(11)12/h15-22H,13-14H2,1-12H3. The summed E-state index contributed by atoms with van der Waals surface area (Å²) in [4.78, 5) is 0. The second-order valence-electron chi connectivity index (χ2n) is 9.91. The topological polar surface area (TPSA) is 38.7 Å². The van der Waals surface area contributed by atoms with Crippen molar-refractivity contribution in [2.24, 2.45) is 0 Å². The fraction of sp³-hybridized carbons (Fsp3) is 1.00. The van der Waals surface area contributed by atoms with Crippen LogP contribution in [0.15, 0.2) is 0 Å². The molecular weight excluding hydrogens is 356 g/mol. The summed E-state index contributed by atoms with van der Waals surface area (Å²) in [6, 6.07) is 0. The lowest BCUT2D eigenvalue weighted by Crippen LogP contribution is -2.51. The molecule has 0 saturated carbocycles. The van der Waals surface area contributed by atoms with E-state index >= 15 is 0 Å². The van der Waals surface area contributed by atoms with Crippen molar-refractivity contribution in [3.05, 3.63) is 0 Å². The fourth-order valence-electron chi connectivity index (χ4n) is 5.53. The average molecular weight is 405 g/mol. The highest BCUT2D eigenvalue weighted by Crippen LogP contribution is 2.43. The quantitative estimate of drug-likeness (QED) is 0.366. The third-order valence-corrected chi connectivity index (χ3v) is 18.6. The van der Waals surface area contributed by atoms with Crippen LogP contribution in [0.4, 0.5) is 0 Å². The molecule has 0 aromatic rings. The van der Waals surface area contributed by atoms with Gasteiger partial charge in [0.15, 0.2) is 16.6 Å². The second kappa shape index (κ2) is 10.7. The van der Waals surface area contributed by atoms with E-state index in [4.69, 9.17) is 8.85 Å². The van der Waals surface area contributed by atoms with Crippen molar-refractivity contribution in [1.82, 2.24) is 0 Å². The SMILES string of the molecule is CC(C)[Si](OCC(O)CO[Si](C(C)C)(C(C)C)C(C)C)(C(C)C)C(C)C. The van der Waals surface area contributed by atoms with Crippen molar-refractivity contribution in [1.29, 1.82) is 0 Å². The molecule has 0 amide bonds. The van der Waals surface area contributed by atoms with Crippen LogP contribution in [0.1, 0.15) is 83.1 Å². The second-order valence-corrected chi connectivity index (χ2v) is 20.8. The first-order valence-electron chi connectivity index (χ1n) is 10.7. The molecule has 0 aliphatic rings. The lowest BCUT2D eigenvalue weighted by molar-refractivity contribution is 0.0498. The Labute approximate surface area is 166 Å². The molecule has 0 spiro atoms. The molecule has 0 radical (unpaired) electrons. The molecule has 0 atom stereocenters. The molecule has 0 bridgehead atoms. The first kappa shape index (κ1) is 26.3. The Morgan fingerprint density at radius 2 is 0.692 bits per heavy atom. The van der Waals surface area contributed by atoms with Crippen LogP contribution in [0.25, 0.3) is 0 Å². The molecule has 0 unspecified atom stereocenters. The zero-order valence-corrected chi connectivity index (χ0v) is 21.7. The molecule has 26 heavy (non-hydrogen) atoms. The van der Waals surface area contributed by atoms with E-state index in [0.29, 0.717) is 46.5 Å². The summed E-state index contributed by atoms with van der Waals surface area (Å²) in [7, 11) is -3.87. The molecule has 158 valence electrons. The Morgan fingerprint density at radius 1 is 0.500 bits per heavy atom. The molecule has 0 saturated heterocycles. The molecular formula is C21H48O3Si2. The smallest absolute Gasteiger partial charge is 0.200 e. The largest absolute Gasteiger partial charge is 0.413 e. The van der Waals surface area contributed by atoms with Crippen LogP contribution < -0.4 is 0 Å². The van der Waals surface area contributed by atoms with E-state index in [1.807, 2.05) is 0 Å². The summed E-state index contributed by atoms with van der Waals surface area (Å²) in [5.74, 6) is 0. The maximum absolute atomic E-state index is 10.7. The Balaban J connectivity index is 5.11. The van der Waals surface area contributed by atoms with Crippen molar-refractivity contribution in [2.45, 2.75) is 122 Å². The molecule has 0 aliphatic carbocycles. The van der Waals surface area contributed by atoms with Crippen LogP contribution in [0.3, 0.4) is 0 Å². The van der Waals surface area contributed by atoms with E-state index in [2.05, 4.69) is 83.1 Å². The molecule has 5 heteroatoms. The van der Waals surface area contributed by atoms with Gasteiger partial charge in [-0.25, -0.2) is 0 Å². The highest BCUT2D eigenvalue weighted by molar-refractivity contribution is 6.78. The highest BCUT2D eigenvalue weighted by atomic mass is 28.4. The number of hydrogen-bond donors (Lipinski definition) is 1. The van der Waals surface area contributed by atoms with E-state index in [1.54, 1.807) is 0 Å². The third kappa shape index (κ3) is 5.66. The number of aliphatic hydroxyl groups excluding tert-OH is 1. The van der Waals surface area contributed by atoms with E-state index in [9.17, 15) is 5.11 Å². The van der Waals surface area contributed by atoms with Gasteiger partial charge in [-0.15, -0.1) is 0 Å². The molecule has 0 aromatic heterocycles. The number of hydrogen-bond acceptors (Lipinski definition) is 3. The van der Waals surface area contributed by atoms with Gasteiger partial charge >= 0.3 is 0 Å². The molecule has 3 nitrogen and oxygen atoms in total. The van der Waals surface area contributed by atoms with Crippen molar-refractivity contribution < 1.29 is 14.0 Å². The highest BCUT2D eigenvalue weighted by Gasteiger charge is 2.47. The van der Waals surface area contributed by atoms with Crippen LogP contribution in [0.5, 0.6) is 0 Å². The average Bonchev–Trinajstić information content (AvgIpc) is 2.45. The summed E-state index contributed by atoms with van der Waals surface area (Å²) < 4.78 is 13.1.